The van der Waals surface area contributed by atoms with Crippen molar-refractivity contribution in [2.75, 3.05) is 39.5 Å². The van der Waals surface area contributed by atoms with Crippen molar-refractivity contribution in [2.24, 2.45) is 0 Å². The largest absolute Gasteiger partial charge is 0.411 e. The first kappa shape index (κ1) is 17.0. The predicted molar refractivity (Wildman–Crippen MR) is 71.1 cm³/mol. The zero-order chi connectivity index (χ0) is 15.3. The molecule has 1 spiro atoms. The van der Waals surface area contributed by atoms with E-state index in [1.54, 1.807) is 0 Å². The Morgan fingerprint density at radius 2 is 1.95 bits per heavy atom. The maximum atomic E-state index is 12.0. The number of aliphatic hydroxyl groups excluding tert-OH is 1. The molecule has 0 aromatic heterocycles. The molecule has 2 fully saturated rings. The van der Waals surface area contributed by atoms with Crippen molar-refractivity contribution < 1.29 is 27.8 Å². The lowest BCUT2D eigenvalue weighted by Gasteiger charge is -2.45. The fourth-order valence-electron chi connectivity index (χ4n) is 3.24. The van der Waals surface area contributed by atoms with E-state index in [2.05, 4.69) is 9.64 Å². The monoisotopic (exact) mass is 311 g/mol. The highest BCUT2D eigenvalue weighted by atomic mass is 19.4. The third kappa shape index (κ3) is 5.73. The van der Waals surface area contributed by atoms with Gasteiger partial charge in [0.25, 0.3) is 0 Å². The van der Waals surface area contributed by atoms with Crippen LogP contribution in [0.1, 0.15) is 32.1 Å². The Morgan fingerprint density at radius 3 is 2.62 bits per heavy atom. The summed E-state index contributed by atoms with van der Waals surface area (Å²) in [6.07, 6.45) is 0.375. The standard InChI is InChI=1S/C14H24F3NO3/c15-14(16,17)11-20-9-12(19)8-18-6-7-21-13(10-18)4-2-1-3-5-13/h12,19H,1-11H2. The van der Waals surface area contributed by atoms with Crippen LogP contribution in [0, 0.1) is 0 Å². The van der Waals surface area contributed by atoms with Gasteiger partial charge in [-0.25, -0.2) is 0 Å². The van der Waals surface area contributed by atoms with E-state index in [4.69, 9.17) is 4.74 Å². The summed E-state index contributed by atoms with van der Waals surface area (Å²) in [5.41, 5.74) is -0.108. The Morgan fingerprint density at radius 1 is 1.24 bits per heavy atom. The van der Waals surface area contributed by atoms with Crippen molar-refractivity contribution >= 4 is 0 Å². The van der Waals surface area contributed by atoms with E-state index < -0.39 is 18.9 Å². The first-order valence-electron chi connectivity index (χ1n) is 7.57. The van der Waals surface area contributed by atoms with Crippen LogP contribution in [0.25, 0.3) is 0 Å². The van der Waals surface area contributed by atoms with Crippen LogP contribution >= 0.6 is 0 Å². The summed E-state index contributed by atoms with van der Waals surface area (Å²) in [6.45, 7) is 0.821. The van der Waals surface area contributed by atoms with E-state index in [-0.39, 0.29) is 12.2 Å². The summed E-state index contributed by atoms with van der Waals surface area (Å²) >= 11 is 0. The molecule has 0 radical (unpaired) electrons. The molecule has 1 N–H and O–H groups in total. The number of hydrogen-bond acceptors (Lipinski definition) is 4. The van der Waals surface area contributed by atoms with Crippen molar-refractivity contribution in [1.82, 2.24) is 4.90 Å². The summed E-state index contributed by atoms with van der Waals surface area (Å²) in [5, 5.41) is 9.81. The van der Waals surface area contributed by atoms with Gasteiger partial charge in [0.2, 0.25) is 0 Å². The minimum absolute atomic E-state index is 0.108. The van der Waals surface area contributed by atoms with E-state index in [1.165, 1.54) is 6.42 Å². The molecule has 0 amide bonds. The van der Waals surface area contributed by atoms with Gasteiger partial charge < -0.3 is 14.6 Å². The van der Waals surface area contributed by atoms with Crippen molar-refractivity contribution in [1.29, 1.82) is 0 Å². The van der Waals surface area contributed by atoms with Crippen LogP contribution in [0.3, 0.4) is 0 Å². The van der Waals surface area contributed by atoms with Crippen LogP contribution in [0.15, 0.2) is 0 Å². The number of alkyl halides is 3. The molecule has 124 valence electrons. The van der Waals surface area contributed by atoms with E-state index in [0.717, 1.165) is 32.2 Å². The highest BCUT2D eigenvalue weighted by Crippen LogP contribution is 2.34. The van der Waals surface area contributed by atoms with Crippen LogP contribution in [0.2, 0.25) is 0 Å². The number of halogens is 3. The van der Waals surface area contributed by atoms with Crippen molar-refractivity contribution in [2.45, 2.75) is 50.0 Å². The van der Waals surface area contributed by atoms with E-state index in [0.29, 0.717) is 19.7 Å². The molecule has 4 nitrogen and oxygen atoms in total. The summed E-state index contributed by atoms with van der Waals surface area (Å²) in [4.78, 5) is 2.08. The van der Waals surface area contributed by atoms with E-state index in [9.17, 15) is 18.3 Å². The van der Waals surface area contributed by atoms with Gasteiger partial charge in [0.05, 0.1) is 24.9 Å². The second-order valence-corrected chi connectivity index (χ2v) is 6.11. The number of ether oxygens (including phenoxy) is 2. The lowest BCUT2D eigenvalue weighted by molar-refractivity contribution is -0.181. The summed E-state index contributed by atoms with van der Waals surface area (Å²) in [6, 6.07) is 0. The molecule has 1 heterocycles. The Labute approximate surface area is 123 Å². The molecule has 1 saturated heterocycles. The molecule has 1 aliphatic carbocycles. The third-order valence-electron chi connectivity index (χ3n) is 4.14. The molecule has 2 rings (SSSR count). The molecule has 0 aromatic carbocycles. The minimum Gasteiger partial charge on any atom is -0.389 e. The van der Waals surface area contributed by atoms with Gasteiger partial charge in [-0.2, -0.15) is 13.2 Å². The molecule has 7 heteroatoms. The van der Waals surface area contributed by atoms with Crippen LogP contribution in [0.5, 0.6) is 0 Å². The second-order valence-electron chi connectivity index (χ2n) is 6.11. The second kappa shape index (κ2) is 7.26. The third-order valence-corrected chi connectivity index (χ3v) is 4.14. The SMILES string of the molecule is OC(COCC(F)(F)F)CN1CCOC2(CCCCC2)C1. The molecule has 21 heavy (non-hydrogen) atoms. The zero-order valence-corrected chi connectivity index (χ0v) is 12.2. The summed E-state index contributed by atoms with van der Waals surface area (Å²) in [5.74, 6) is 0. The molecule has 1 atom stereocenters. The maximum absolute atomic E-state index is 12.0. The Kier molecular flexibility index (Phi) is 5.88. The van der Waals surface area contributed by atoms with Crippen molar-refractivity contribution in [3.8, 4) is 0 Å². The minimum atomic E-state index is -4.34. The number of nitrogens with zero attached hydrogens (tertiary/aromatic N) is 1. The van der Waals surface area contributed by atoms with E-state index in [1.807, 2.05) is 0 Å². The number of morpholine rings is 1. The molecule has 1 unspecified atom stereocenters. The summed E-state index contributed by atoms with van der Waals surface area (Å²) < 4.78 is 46.4. The lowest BCUT2D eigenvalue weighted by Crippen LogP contribution is -2.54. The van der Waals surface area contributed by atoms with Crippen LogP contribution < -0.4 is 0 Å². The summed E-state index contributed by atoms with van der Waals surface area (Å²) in [7, 11) is 0. The fraction of sp³-hybridized carbons (Fsp3) is 1.00. The highest BCUT2D eigenvalue weighted by molar-refractivity contribution is 4.90. The normalized spacial score (nSPS) is 25.1. The average Bonchev–Trinajstić information content (AvgIpc) is 2.38. The topological polar surface area (TPSA) is 41.9 Å². The molecular formula is C14H24F3NO3. The Hall–Kier alpha value is -0.370. The average molecular weight is 311 g/mol. The van der Waals surface area contributed by atoms with Crippen LogP contribution in [-0.4, -0.2) is 67.3 Å². The molecule has 0 bridgehead atoms. The van der Waals surface area contributed by atoms with Crippen molar-refractivity contribution in [3.05, 3.63) is 0 Å². The number of rotatable bonds is 5. The zero-order valence-electron chi connectivity index (χ0n) is 12.2. The molecule has 1 saturated carbocycles. The number of aliphatic hydroxyl groups is 1. The van der Waals surface area contributed by atoms with Gasteiger partial charge >= 0.3 is 6.18 Å². The van der Waals surface area contributed by atoms with Gasteiger partial charge in [0, 0.05) is 19.6 Å². The van der Waals surface area contributed by atoms with E-state index >= 15 is 0 Å². The molecule has 0 aromatic rings. The van der Waals surface area contributed by atoms with Crippen LogP contribution in [-0.2, 0) is 9.47 Å². The van der Waals surface area contributed by atoms with Crippen LogP contribution in [0.4, 0.5) is 13.2 Å². The highest BCUT2D eigenvalue weighted by Gasteiger charge is 2.38. The van der Waals surface area contributed by atoms with Gasteiger partial charge in [-0.1, -0.05) is 19.3 Å². The first-order valence-corrected chi connectivity index (χ1v) is 7.57. The Balaban J connectivity index is 1.71. The number of hydrogen-bond donors (Lipinski definition) is 1. The smallest absolute Gasteiger partial charge is 0.389 e. The van der Waals surface area contributed by atoms with Gasteiger partial charge in [-0.15, -0.1) is 0 Å². The first-order chi connectivity index (χ1) is 9.89. The van der Waals surface area contributed by atoms with Crippen molar-refractivity contribution in [3.63, 3.8) is 0 Å². The number of β-amino-alcohol motifs (C(OH)–C–C–N with tert-alkyl or cyclic N) is 1. The van der Waals surface area contributed by atoms with Gasteiger partial charge in [-0.05, 0) is 12.8 Å². The maximum Gasteiger partial charge on any atom is 0.411 e. The predicted octanol–water partition coefficient (Wildman–Crippen LogP) is 1.96. The fourth-order valence-corrected chi connectivity index (χ4v) is 3.24. The molecular weight excluding hydrogens is 287 g/mol. The lowest BCUT2D eigenvalue weighted by atomic mass is 9.83. The van der Waals surface area contributed by atoms with Gasteiger partial charge in [0.1, 0.15) is 6.61 Å². The quantitative estimate of drug-likeness (QED) is 0.843. The molecule has 2 aliphatic rings. The van der Waals surface area contributed by atoms with Gasteiger partial charge in [-0.3, -0.25) is 4.90 Å². The van der Waals surface area contributed by atoms with Gasteiger partial charge in [0.15, 0.2) is 0 Å². The Bertz CT molecular complexity index is 314. The molecule has 1 aliphatic heterocycles.